The van der Waals surface area contributed by atoms with E-state index in [0.717, 1.165) is 12.1 Å². The summed E-state index contributed by atoms with van der Waals surface area (Å²) < 4.78 is 27.6. The van der Waals surface area contributed by atoms with Gasteiger partial charge in [0.2, 0.25) is 15.9 Å². The van der Waals surface area contributed by atoms with Gasteiger partial charge in [0.15, 0.2) is 0 Å². The molecule has 2 saturated heterocycles. The van der Waals surface area contributed by atoms with Crippen molar-refractivity contribution in [2.45, 2.75) is 63.1 Å². The molecule has 1 saturated carbocycles. The molecule has 7 heteroatoms. The number of nitrogens with zero attached hydrogens (tertiary/aromatic N) is 2. The van der Waals surface area contributed by atoms with Crippen molar-refractivity contribution in [3.8, 4) is 0 Å². The van der Waals surface area contributed by atoms with Gasteiger partial charge in [-0.1, -0.05) is 31.5 Å². The van der Waals surface area contributed by atoms with E-state index in [9.17, 15) is 13.2 Å². The highest BCUT2D eigenvalue weighted by Gasteiger charge is 2.53. The van der Waals surface area contributed by atoms with Crippen LogP contribution in [-0.2, 0) is 14.8 Å². The van der Waals surface area contributed by atoms with E-state index < -0.39 is 15.7 Å². The van der Waals surface area contributed by atoms with Crippen molar-refractivity contribution in [2.24, 2.45) is 11.8 Å². The number of aryl methyl sites for hydroxylation is 1. The molecule has 1 aliphatic carbocycles. The Morgan fingerprint density at radius 3 is 2.29 bits per heavy atom. The summed E-state index contributed by atoms with van der Waals surface area (Å²) in [4.78, 5) is 15.4. The predicted molar refractivity (Wildman–Crippen MR) is 108 cm³/mol. The minimum absolute atomic E-state index is 0.168. The largest absolute Gasteiger partial charge is 0.323 e. The first kappa shape index (κ1) is 19.9. The lowest BCUT2D eigenvalue weighted by atomic mass is 9.96. The molecule has 0 bridgehead atoms. The van der Waals surface area contributed by atoms with Gasteiger partial charge in [-0.15, -0.1) is 0 Å². The second kappa shape index (κ2) is 7.11. The molecule has 1 atom stereocenters. The van der Waals surface area contributed by atoms with Crippen LogP contribution in [0.2, 0.25) is 0 Å². The van der Waals surface area contributed by atoms with Crippen LogP contribution in [0.5, 0.6) is 0 Å². The Labute approximate surface area is 168 Å². The number of nitrogens with one attached hydrogen (secondary N) is 1. The van der Waals surface area contributed by atoms with Gasteiger partial charge < -0.3 is 4.90 Å². The maximum absolute atomic E-state index is 13.0. The highest BCUT2D eigenvalue weighted by Crippen LogP contribution is 2.39. The summed E-state index contributed by atoms with van der Waals surface area (Å²) in [5.41, 5.74) is 0.647. The van der Waals surface area contributed by atoms with E-state index in [1.807, 2.05) is 24.0 Å². The van der Waals surface area contributed by atoms with Crippen molar-refractivity contribution in [3.63, 3.8) is 0 Å². The van der Waals surface area contributed by atoms with Crippen LogP contribution in [0.25, 0.3) is 0 Å². The molecular formula is C21H31N3O3S. The van der Waals surface area contributed by atoms with E-state index in [1.165, 1.54) is 12.8 Å². The molecule has 1 spiro atoms. The smallest absolute Gasteiger partial charge is 0.243 e. The first-order valence-electron chi connectivity index (χ1n) is 10.4. The van der Waals surface area contributed by atoms with Crippen molar-refractivity contribution in [1.82, 2.24) is 14.5 Å². The molecule has 3 aliphatic rings. The van der Waals surface area contributed by atoms with Gasteiger partial charge in [0.05, 0.1) is 16.6 Å². The molecule has 154 valence electrons. The number of amides is 1. The molecule has 6 nitrogen and oxygen atoms in total. The predicted octanol–water partition coefficient (Wildman–Crippen LogP) is 2.34. The molecule has 2 heterocycles. The van der Waals surface area contributed by atoms with Crippen LogP contribution in [0.1, 0.15) is 45.1 Å². The number of hydrogen-bond acceptors (Lipinski definition) is 4. The Kier molecular flexibility index (Phi) is 5.04. The monoisotopic (exact) mass is 405 g/mol. The minimum atomic E-state index is -3.49. The van der Waals surface area contributed by atoms with Crippen molar-refractivity contribution >= 4 is 15.9 Å². The third-order valence-electron chi connectivity index (χ3n) is 6.49. The van der Waals surface area contributed by atoms with Crippen LogP contribution in [-0.4, -0.2) is 54.9 Å². The molecule has 28 heavy (non-hydrogen) atoms. The van der Waals surface area contributed by atoms with Gasteiger partial charge in [-0.2, -0.15) is 4.31 Å². The van der Waals surface area contributed by atoms with Gasteiger partial charge in [-0.05, 0) is 56.6 Å². The number of carbonyl (C=O) groups is 1. The molecule has 1 unspecified atom stereocenters. The third-order valence-corrected chi connectivity index (χ3v) is 8.40. The fourth-order valence-electron chi connectivity index (χ4n) is 4.45. The van der Waals surface area contributed by atoms with E-state index in [-0.39, 0.29) is 17.9 Å². The van der Waals surface area contributed by atoms with Gasteiger partial charge in [-0.25, -0.2) is 8.42 Å². The van der Waals surface area contributed by atoms with Crippen LogP contribution in [0.3, 0.4) is 0 Å². The summed E-state index contributed by atoms with van der Waals surface area (Å²) in [5, 5.41) is 3.61. The highest BCUT2D eigenvalue weighted by atomic mass is 32.2. The summed E-state index contributed by atoms with van der Waals surface area (Å²) in [7, 11) is -3.49. The van der Waals surface area contributed by atoms with Crippen molar-refractivity contribution in [1.29, 1.82) is 0 Å². The normalized spacial score (nSPS) is 25.8. The number of sulfonamides is 1. The Bertz CT molecular complexity index is 838. The molecule has 1 aromatic carbocycles. The minimum Gasteiger partial charge on any atom is -0.323 e. The molecular weight excluding hydrogens is 374 g/mol. The number of piperidine rings is 1. The lowest BCUT2D eigenvalue weighted by Crippen LogP contribution is -2.60. The maximum atomic E-state index is 13.0. The molecule has 0 radical (unpaired) electrons. The summed E-state index contributed by atoms with van der Waals surface area (Å²) >= 11 is 0. The Morgan fingerprint density at radius 1 is 1.14 bits per heavy atom. The average Bonchev–Trinajstić information content (AvgIpc) is 3.44. The van der Waals surface area contributed by atoms with Gasteiger partial charge in [0.1, 0.15) is 0 Å². The fourth-order valence-corrected chi connectivity index (χ4v) is 5.89. The summed E-state index contributed by atoms with van der Waals surface area (Å²) in [6.45, 7) is 7.76. The Hall–Kier alpha value is -1.44. The second-order valence-electron chi connectivity index (χ2n) is 9.01. The van der Waals surface area contributed by atoms with Crippen LogP contribution in [0.15, 0.2) is 29.2 Å². The van der Waals surface area contributed by atoms with Crippen molar-refractivity contribution < 1.29 is 13.2 Å². The van der Waals surface area contributed by atoms with Crippen LogP contribution in [0.4, 0.5) is 0 Å². The fraction of sp³-hybridized carbons (Fsp3) is 0.667. The zero-order valence-corrected chi connectivity index (χ0v) is 17.8. The lowest BCUT2D eigenvalue weighted by Gasteiger charge is -2.44. The van der Waals surface area contributed by atoms with Gasteiger partial charge in [0, 0.05) is 19.6 Å². The van der Waals surface area contributed by atoms with E-state index in [2.05, 4.69) is 19.2 Å². The van der Waals surface area contributed by atoms with Crippen LogP contribution >= 0.6 is 0 Å². The first-order chi connectivity index (χ1) is 13.2. The molecule has 1 N–H and O–H groups in total. The summed E-state index contributed by atoms with van der Waals surface area (Å²) in [5.74, 6) is 1.03. The first-order valence-corrected chi connectivity index (χ1v) is 11.8. The second-order valence-corrected chi connectivity index (χ2v) is 10.9. The number of rotatable bonds is 5. The lowest BCUT2D eigenvalue weighted by molar-refractivity contribution is -0.134. The number of benzene rings is 1. The standard InChI is InChI=1S/C21H31N3O3S/c1-15(2)19-20(25)24(14-17-6-7-17)21(22-19)10-12-23(13-11-21)28(26,27)18-8-4-16(3)5-9-18/h4-5,8-9,15,17,19,22H,6-7,10-14H2,1-3H3. The number of carbonyl (C=O) groups excluding carboxylic acids is 1. The van der Waals surface area contributed by atoms with E-state index >= 15 is 0 Å². The number of hydrogen-bond donors (Lipinski definition) is 1. The molecule has 2 aliphatic heterocycles. The maximum Gasteiger partial charge on any atom is 0.243 e. The SMILES string of the molecule is Cc1ccc(S(=O)(=O)N2CCC3(CC2)NC(C(C)C)C(=O)N3CC2CC2)cc1. The van der Waals surface area contributed by atoms with Gasteiger partial charge in [0.25, 0.3) is 0 Å². The molecule has 1 aromatic rings. The zero-order chi connectivity index (χ0) is 20.1. The molecule has 1 amide bonds. The van der Waals surface area contributed by atoms with Crippen molar-refractivity contribution in [3.05, 3.63) is 29.8 Å². The zero-order valence-electron chi connectivity index (χ0n) is 17.0. The third kappa shape index (κ3) is 3.48. The van der Waals surface area contributed by atoms with E-state index in [0.29, 0.717) is 36.7 Å². The molecule has 3 fully saturated rings. The van der Waals surface area contributed by atoms with Gasteiger partial charge >= 0.3 is 0 Å². The van der Waals surface area contributed by atoms with E-state index in [4.69, 9.17) is 0 Å². The van der Waals surface area contributed by atoms with Crippen LogP contribution in [0, 0.1) is 18.8 Å². The summed E-state index contributed by atoms with van der Waals surface area (Å²) in [6.07, 6.45) is 3.67. The quantitative estimate of drug-likeness (QED) is 0.816. The summed E-state index contributed by atoms with van der Waals surface area (Å²) in [6, 6.07) is 6.86. The van der Waals surface area contributed by atoms with Crippen LogP contribution < -0.4 is 5.32 Å². The Balaban J connectivity index is 1.52. The Morgan fingerprint density at radius 2 is 1.75 bits per heavy atom. The topological polar surface area (TPSA) is 69.7 Å². The van der Waals surface area contributed by atoms with E-state index in [1.54, 1.807) is 16.4 Å². The van der Waals surface area contributed by atoms with Crippen molar-refractivity contribution in [2.75, 3.05) is 19.6 Å². The molecule has 0 aromatic heterocycles. The average molecular weight is 406 g/mol. The van der Waals surface area contributed by atoms with Gasteiger partial charge in [-0.3, -0.25) is 10.1 Å². The highest BCUT2D eigenvalue weighted by molar-refractivity contribution is 7.89. The molecule has 4 rings (SSSR count).